The zero-order valence-corrected chi connectivity index (χ0v) is 14.0. The first-order valence-electron chi connectivity index (χ1n) is 7.76. The average Bonchev–Trinajstić information content (AvgIpc) is 3.03. The monoisotopic (exact) mass is 329 g/mol. The van der Waals surface area contributed by atoms with E-state index >= 15 is 0 Å². The maximum Gasteiger partial charge on any atom is 0.251 e. The number of nitrogens with two attached hydrogens (primary N) is 1. The molecule has 4 N–H and O–H groups in total. The van der Waals surface area contributed by atoms with Gasteiger partial charge in [-0.3, -0.25) is 9.59 Å². The molecule has 0 aliphatic rings. The number of imidazole rings is 1. The summed E-state index contributed by atoms with van der Waals surface area (Å²) in [6.07, 6.45) is 5.46. The van der Waals surface area contributed by atoms with Crippen molar-refractivity contribution in [3.63, 3.8) is 0 Å². The highest BCUT2D eigenvalue weighted by atomic mass is 16.2. The quantitative estimate of drug-likeness (QED) is 0.714. The van der Waals surface area contributed by atoms with Crippen molar-refractivity contribution in [3.05, 3.63) is 48.5 Å². The molecule has 2 rings (SSSR count). The van der Waals surface area contributed by atoms with Crippen molar-refractivity contribution in [2.24, 2.45) is 5.73 Å². The Hall–Kier alpha value is -2.67. The fourth-order valence-corrected chi connectivity index (χ4v) is 2.02. The Bertz CT molecular complexity index is 689. The molecule has 0 saturated carbocycles. The first-order valence-corrected chi connectivity index (χ1v) is 7.76. The number of nitrogens with one attached hydrogen (secondary N) is 2. The molecule has 0 spiro atoms. The maximum atomic E-state index is 12.1. The van der Waals surface area contributed by atoms with Crippen molar-refractivity contribution in [2.75, 3.05) is 11.9 Å². The van der Waals surface area contributed by atoms with E-state index in [4.69, 9.17) is 5.73 Å². The highest BCUT2D eigenvalue weighted by molar-refractivity contribution is 5.97. The molecule has 1 aromatic carbocycles. The summed E-state index contributed by atoms with van der Waals surface area (Å²) in [6.45, 7) is 4.60. The molecule has 0 fully saturated rings. The first-order chi connectivity index (χ1) is 11.3. The second-order valence-electron chi connectivity index (χ2n) is 6.35. The normalized spacial score (nSPS) is 11.1. The second kappa shape index (κ2) is 7.74. The van der Waals surface area contributed by atoms with E-state index in [2.05, 4.69) is 15.6 Å². The van der Waals surface area contributed by atoms with Crippen LogP contribution in [0.1, 0.15) is 30.6 Å². The number of carbonyl (C=O) groups is 2. The molecule has 0 saturated heterocycles. The topological polar surface area (TPSA) is 102 Å². The van der Waals surface area contributed by atoms with Gasteiger partial charge in [0.25, 0.3) is 5.91 Å². The molecule has 0 aliphatic carbocycles. The van der Waals surface area contributed by atoms with E-state index in [1.165, 1.54) is 0 Å². The fourth-order valence-electron chi connectivity index (χ4n) is 2.02. The highest BCUT2D eigenvalue weighted by Gasteiger charge is 2.14. The van der Waals surface area contributed by atoms with Gasteiger partial charge < -0.3 is 20.9 Å². The Morgan fingerprint density at radius 2 is 2.12 bits per heavy atom. The zero-order valence-electron chi connectivity index (χ0n) is 14.0. The van der Waals surface area contributed by atoms with Gasteiger partial charge in [-0.2, -0.15) is 0 Å². The number of anilines is 1. The highest BCUT2D eigenvalue weighted by Crippen LogP contribution is 2.11. The largest absolute Gasteiger partial charge is 0.350 e. The molecule has 24 heavy (non-hydrogen) atoms. The number of hydrogen-bond acceptors (Lipinski definition) is 4. The molecule has 7 heteroatoms. The molecule has 0 atom stereocenters. The summed E-state index contributed by atoms with van der Waals surface area (Å²) in [7, 11) is 0. The van der Waals surface area contributed by atoms with Crippen LogP contribution in [0, 0.1) is 0 Å². The van der Waals surface area contributed by atoms with Gasteiger partial charge in [0.15, 0.2) is 0 Å². The summed E-state index contributed by atoms with van der Waals surface area (Å²) in [6, 6.07) is 6.82. The summed E-state index contributed by atoms with van der Waals surface area (Å²) in [5, 5.41) is 5.57. The lowest BCUT2D eigenvalue weighted by atomic mass is 10.1. The van der Waals surface area contributed by atoms with Crippen molar-refractivity contribution in [3.8, 4) is 0 Å². The van der Waals surface area contributed by atoms with E-state index in [1.807, 2.05) is 18.4 Å². The third-order valence-corrected chi connectivity index (χ3v) is 3.27. The minimum atomic E-state index is -0.477. The van der Waals surface area contributed by atoms with Crippen LogP contribution in [0.5, 0.6) is 0 Å². The number of rotatable bonds is 7. The van der Waals surface area contributed by atoms with E-state index in [9.17, 15) is 9.59 Å². The summed E-state index contributed by atoms with van der Waals surface area (Å²) in [4.78, 5) is 28.0. The number of amides is 2. The Balaban J connectivity index is 1.89. The SMILES string of the molecule is CC(C)(N)CNC(=O)c1cccc(NC(=O)CCn2ccnc2)c1. The standard InChI is InChI=1S/C17H23N5O2/c1-17(2,18)11-20-16(24)13-4-3-5-14(10-13)21-15(23)6-8-22-9-7-19-12-22/h3-5,7,9-10,12H,6,8,11,18H2,1-2H3,(H,20,24)(H,21,23). The fraction of sp³-hybridized carbons (Fsp3) is 0.353. The van der Waals surface area contributed by atoms with Gasteiger partial charge in [0.05, 0.1) is 6.33 Å². The molecule has 0 radical (unpaired) electrons. The Labute approximate surface area is 141 Å². The predicted octanol–water partition coefficient (Wildman–Crippen LogP) is 1.38. The number of aryl methyl sites for hydroxylation is 1. The van der Waals surface area contributed by atoms with Gasteiger partial charge in [-0.1, -0.05) is 6.07 Å². The lowest BCUT2D eigenvalue weighted by Crippen LogP contribution is -2.45. The molecule has 128 valence electrons. The lowest BCUT2D eigenvalue weighted by Gasteiger charge is -2.19. The van der Waals surface area contributed by atoms with Gasteiger partial charge in [-0.25, -0.2) is 4.98 Å². The molecule has 0 bridgehead atoms. The molecule has 2 aromatic rings. The van der Waals surface area contributed by atoms with E-state index < -0.39 is 5.54 Å². The van der Waals surface area contributed by atoms with E-state index in [-0.39, 0.29) is 11.8 Å². The Morgan fingerprint density at radius 3 is 2.79 bits per heavy atom. The summed E-state index contributed by atoms with van der Waals surface area (Å²) < 4.78 is 1.83. The van der Waals surface area contributed by atoms with Gasteiger partial charge in [0, 0.05) is 48.7 Å². The van der Waals surface area contributed by atoms with Crippen LogP contribution >= 0.6 is 0 Å². The summed E-state index contributed by atoms with van der Waals surface area (Å²) >= 11 is 0. The predicted molar refractivity (Wildman–Crippen MR) is 92.5 cm³/mol. The number of nitrogens with zero attached hydrogens (tertiary/aromatic N) is 2. The van der Waals surface area contributed by atoms with E-state index in [0.717, 1.165) is 0 Å². The second-order valence-corrected chi connectivity index (χ2v) is 6.35. The van der Waals surface area contributed by atoms with Crippen LogP contribution in [0.4, 0.5) is 5.69 Å². The number of carbonyl (C=O) groups excluding carboxylic acids is 2. The molecular formula is C17H23N5O2. The lowest BCUT2D eigenvalue weighted by molar-refractivity contribution is -0.116. The van der Waals surface area contributed by atoms with Crippen LogP contribution in [0.15, 0.2) is 43.0 Å². The molecule has 2 amide bonds. The van der Waals surface area contributed by atoms with Crippen LogP contribution in [0.25, 0.3) is 0 Å². The summed E-state index contributed by atoms with van der Waals surface area (Å²) in [5.74, 6) is -0.340. The molecular weight excluding hydrogens is 306 g/mol. The minimum Gasteiger partial charge on any atom is -0.350 e. The molecule has 0 aliphatic heterocycles. The number of hydrogen-bond donors (Lipinski definition) is 3. The molecule has 7 nitrogen and oxygen atoms in total. The summed E-state index contributed by atoms with van der Waals surface area (Å²) in [5.41, 5.74) is 6.44. The van der Waals surface area contributed by atoms with E-state index in [1.54, 1.807) is 43.0 Å². The molecule has 1 heterocycles. The van der Waals surface area contributed by atoms with Crippen molar-refractivity contribution >= 4 is 17.5 Å². The third kappa shape index (κ3) is 5.85. The van der Waals surface area contributed by atoms with Crippen LogP contribution in [0.2, 0.25) is 0 Å². The Morgan fingerprint density at radius 1 is 1.33 bits per heavy atom. The number of benzene rings is 1. The first kappa shape index (κ1) is 17.7. The van der Waals surface area contributed by atoms with Crippen LogP contribution in [-0.2, 0) is 11.3 Å². The maximum absolute atomic E-state index is 12.1. The number of aromatic nitrogens is 2. The van der Waals surface area contributed by atoms with Gasteiger partial charge >= 0.3 is 0 Å². The van der Waals surface area contributed by atoms with Crippen molar-refractivity contribution in [2.45, 2.75) is 32.4 Å². The van der Waals surface area contributed by atoms with Crippen molar-refractivity contribution in [1.29, 1.82) is 0 Å². The van der Waals surface area contributed by atoms with Gasteiger partial charge in [0.2, 0.25) is 5.91 Å². The molecule has 0 unspecified atom stereocenters. The van der Waals surface area contributed by atoms with E-state index in [0.29, 0.717) is 30.8 Å². The Kier molecular flexibility index (Phi) is 5.70. The van der Waals surface area contributed by atoms with Crippen molar-refractivity contribution in [1.82, 2.24) is 14.9 Å². The van der Waals surface area contributed by atoms with Gasteiger partial charge in [-0.15, -0.1) is 0 Å². The van der Waals surface area contributed by atoms with Crippen LogP contribution in [-0.4, -0.2) is 33.4 Å². The smallest absolute Gasteiger partial charge is 0.251 e. The van der Waals surface area contributed by atoms with Crippen molar-refractivity contribution < 1.29 is 9.59 Å². The minimum absolute atomic E-state index is 0.121. The van der Waals surface area contributed by atoms with Gasteiger partial charge in [-0.05, 0) is 32.0 Å². The van der Waals surface area contributed by atoms with Gasteiger partial charge in [0.1, 0.15) is 0 Å². The zero-order chi connectivity index (χ0) is 17.6. The average molecular weight is 329 g/mol. The van der Waals surface area contributed by atoms with Crippen LogP contribution in [0.3, 0.4) is 0 Å². The van der Waals surface area contributed by atoms with Crippen LogP contribution < -0.4 is 16.4 Å². The molecule has 1 aromatic heterocycles. The third-order valence-electron chi connectivity index (χ3n) is 3.27.